The van der Waals surface area contributed by atoms with Gasteiger partial charge in [-0.15, -0.1) is 0 Å². The lowest BCUT2D eigenvalue weighted by atomic mass is 10.2. The molecule has 1 fully saturated rings. The van der Waals surface area contributed by atoms with Crippen molar-refractivity contribution in [2.24, 2.45) is 4.99 Å². The molecule has 2 aliphatic heterocycles. The zero-order valence-electron chi connectivity index (χ0n) is 17.2. The molecular weight excluding hydrogens is 428 g/mol. The number of ether oxygens (including phenoxy) is 2. The molecule has 0 spiro atoms. The van der Waals surface area contributed by atoms with Crippen LogP contribution < -0.4 is 4.72 Å². The van der Waals surface area contributed by atoms with Crippen molar-refractivity contribution < 1.29 is 32.3 Å². The standard InChI is InChI=1S/C19H24N4O7S/c1-3-29-19(26)23-10-8-22(9-11-23)16(24)12-30-18(25)13(2)20-17-14-6-4-5-7-15(14)31(27,28)21-17/h4-7,13H,3,8-12H2,1-2H3,(H,20,21). The van der Waals surface area contributed by atoms with Crippen LogP contribution >= 0.6 is 0 Å². The number of carbonyl (C=O) groups is 3. The fourth-order valence-electron chi connectivity index (χ4n) is 3.17. The maximum absolute atomic E-state index is 12.3. The molecule has 1 N–H and O–H groups in total. The average Bonchev–Trinajstić information content (AvgIpc) is 3.02. The third kappa shape index (κ3) is 5.13. The molecule has 1 aromatic carbocycles. The predicted molar refractivity (Wildman–Crippen MR) is 109 cm³/mol. The van der Waals surface area contributed by atoms with Gasteiger partial charge in [0.25, 0.3) is 15.9 Å². The molecule has 2 aliphatic rings. The van der Waals surface area contributed by atoms with Crippen molar-refractivity contribution in [3.8, 4) is 0 Å². The lowest BCUT2D eigenvalue weighted by Crippen LogP contribution is -2.51. The Morgan fingerprint density at radius 1 is 1.10 bits per heavy atom. The highest BCUT2D eigenvalue weighted by Gasteiger charge is 2.31. The maximum Gasteiger partial charge on any atom is 0.409 e. The van der Waals surface area contributed by atoms with E-state index in [0.29, 0.717) is 31.7 Å². The van der Waals surface area contributed by atoms with E-state index in [1.807, 2.05) is 0 Å². The van der Waals surface area contributed by atoms with E-state index in [1.54, 1.807) is 25.1 Å². The lowest BCUT2D eigenvalue weighted by Gasteiger charge is -2.33. The number of nitrogens with zero attached hydrogens (tertiary/aromatic N) is 3. The van der Waals surface area contributed by atoms with E-state index in [0.717, 1.165) is 0 Å². The highest BCUT2D eigenvalue weighted by Crippen LogP contribution is 2.22. The van der Waals surface area contributed by atoms with Gasteiger partial charge < -0.3 is 19.3 Å². The Bertz CT molecular complexity index is 1000. The van der Waals surface area contributed by atoms with Crippen LogP contribution in [0.1, 0.15) is 19.4 Å². The molecule has 3 rings (SSSR count). The molecule has 12 heteroatoms. The molecule has 11 nitrogen and oxygen atoms in total. The topological polar surface area (TPSA) is 135 Å². The third-order valence-corrected chi connectivity index (χ3v) is 6.22. The number of amidine groups is 1. The molecule has 1 unspecified atom stereocenters. The third-order valence-electron chi connectivity index (χ3n) is 4.82. The van der Waals surface area contributed by atoms with Gasteiger partial charge in [-0.3, -0.25) is 14.5 Å². The number of aliphatic imine (C=N–C) groups is 1. The summed E-state index contributed by atoms with van der Waals surface area (Å²) in [5.74, 6) is -1.08. The van der Waals surface area contributed by atoms with Gasteiger partial charge in [-0.2, -0.15) is 0 Å². The molecule has 0 aliphatic carbocycles. The van der Waals surface area contributed by atoms with Crippen molar-refractivity contribution in [2.45, 2.75) is 24.8 Å². The molecule has 1 saturated heterocycles. The Balaban J connectivity index is 1.52. The fourth-order valence-corrected chi connectivity index (χ4v) is 4.41. The van der Waals surface area contributed by atoms with Gasteiger partial charge in [-0.05, 0) is 26.0 Å². The minimum absolute atomic E-state index is 0.0569. The van der Waals surface area contributed by atoms with Gasteiger partial charge in [0.1, 0.15) is 11.9 Å². The summed E-state index contributed by atoms with van der Waals surface area (Å²) in [5.41, 5.74) is 0.373. The average molecular weight is 452 g/mol. The van der Waals surface area contributed by atoms with E-state index >= 15 is 0 Å². The molecule has 2 amide bonds. The first-order chi connectivity index (χ1) is 14.7. The fraction of sp³-hybridized carbons (Fsp3) is 0.474. The van der Waals surface area contributed by atoms with Crippen molar-refractivity contribution in [1.29, 1.82) is 0 Å². The number of nitrogens with one attached hydrogen (secondary N) is 1. The molecule has 1 aromatic rings. The van der Waals surface area contributed by atoms with Crippen LogP contribution in [0.5, 0.6) is 0 Å². The number of esters is 1. The molecule has 0 saturated carbocycles. The van der Waals surface area contributed by atoms with Crippen LogP contribution in [0.3, 0.4) is 0 Å². The maximum atomic E-state index is 12.3. The second kappa shape index (κ2) is 9.33. The SMILES string of the molecule is CCOC(=O)N1CCN(C(=O)COC(=O)C(C)N=C2NS(=O)(=O)c3ccccc32)CC1. The van der Waals surface area contributed by atoms with E-state index in [2.05, 4.69) is 9.71 Å². The summed E-state index contributed by atoms with van der Waals surface area (Å²) in [6.07, 6.45) is -0.418. The van der Waals surface area contributed by atoms with Crippen LogP contribution in [0.4, 0.5) is 4.79 Å². The van der Waals surface area contributed by atoms with E-state index in [9.17, 15) is 22.8 Å². The molecule has 0 aromatic heterocycles. The van der Waals surface area contributed by atoms with Crippen molar-refractivity contribution in [1.82, 2.24) is 14.5 Å². The van der Waals surface area contributed by atoms with Crippen LogP contribution in [-0.4, -0.2) is 87.5 Å². The summed E-state index contributed by atoms with van der Waals surface area (Å²) in [7, 11) is -3.71. The van der Waals surface area contributed by atoms with Gasteiger partial charge in [0.2, 0.25) is 0 Å². The van der Waals surface area contributed by atoms with Gasteiger partial charge in [0, 0.05) is 31.7 Å². The van der Waals surface area contributed by atoms with E-state index in [-0.39, 0.29) is 23.2 Å². The Morgan fingerprint density at radius 2 is 1.74 bits per heavy atom. The van der Waals surface area contributed by atoms with Gasteiger partial charge in [-0.25, -0.2) is 18.0 Å². The number of rotatable bonds is 5. The Labute approximate surface area is 180 Å². The number of carbonyl (C=O) groups excluding carboxylic acids is 3. The molecule has 0 bridgehead atoms. The number of fused-ring (bicyclic) bond motifs is 1. The van der Waals surface area contributed by atoms with Crippen molar-refractivity contribution in [3.05, 3.63) is 29.8 Å². The largest absolute Gasteiger partial charge is 0.454 e. The van der Waals surface area contributed by atoms with Crippen LogP contribution in [0.2, 0.25) is 0 Å². The van der Waals surface area contributed by atoms with Gasteiger partial charge in [-0.1, -0.05) is 12.1 Å². The molecule has 1 atom stereocenters. The highest BCUT2D eigenvalue weighted by molar-refractivity contribution is 7.90. The summed E-state index contributed by atoms with van der Waals surface area (Å²) in [6, 6.07) is 5.28. The molecule has 31 heavy (non-hydrogen) atoms. The molecule has 168 valence electrons. The van der Waals surface area contributed by atoms with Crippen LogP contribution in [0.25, 0.3) is 0 Å². The smallest absolute Gasteiger partial charge is 0.409 e. The number of piperazine rings is 1. The van der Waals surface area contributed by atoms with Gasteiger partial charge in [0.15, 0.2) is 6.61 Å². The first kappa shape index (κ1) is 22.5. The number of hydrogen-bond donors (Lipinski definition) is 1. The summed E-state index contributed by atoms with van der Waals surface area (Å²) >= 11 is 0. The second-order valence-corrected chi connectivity index (χ2v) is 8.58. The summed E-state index contributed by atoms with van der Waals surface area (Å²) < 4.78 is 36.5. The number of hydrogen-bond acceptors (Lipinski definition) is 8. The van der Waals surface area contributed by atoms with E-state index in [4.69, 9.17) is 9.47 Å². The summed E-state index contributed by atoms with van der Waals surface area (Å²) in [5, 5.41) is 0. The number of sulfonamides is 1. The van der Waals surface area contributed by atoms with E-state index < -0.39 is 34.7 Å². The summed E-state index contributed by atoms with van der Waals surface area (Å²) in [4.78, 5) is 43.5. The van der Waals surface area contributed by atoms with Gasteiger partial charge in [0.05, 0.1) is 11.5 Å². The van der Waals surface area contributed by atoms with Gasteiger partial charge >= 0.3 is 12.1 Å². The zero-order valence-corrected chi connectivity index (χ0v) is 18.1. The Kier molecular flexibility index (Phi) is 6.78. The van der Waals surface area contributed by atoms with Crippen molar-refractivity contribution >= 4 is 33.8 Å². The molecular formula is C19H24N4O7S. The van der Waals surface area contributed by atoms with Crippen LogP contribution in [-0.2, 0) is 29.1 Å². The van der Waals surface area contributed by atoms with E-state index in [1.165, 1.54) is 22.8 Å². The molecule has 2 heterocycles. The summed E-state index contributed by atoms with van der Waals surface area (Å²) in [6.45, 7) is 4.28. The normalized spacial score (nSPS) is 19.4. The first-order valence-electron chi connectivity index (χ1n) is 9.79. The van der Waals surface area contributed by atoms with Crippen LogP contribution in [0.15, 0.2) is 34.2 Å². The monoisotopic (exact) mass is 452 g/mol. The second-order valence-electron chi connectivity index (χ2n) is 6.93. The highest BCUT2D eigenvalue weighted by atomic mass is 32.2. The quantitative estimate of drug-likeness (QED) is 0.619. The van der Waals surface area contributed by atoms with Crippen LogP contribution in [0, 0.1) is 0 Å². The van der Waals surface area contributed by atoms with Crippen molar-refractivity contribution in [3.63, 3.8) is 0 Å². The number of benzene rings is 1. The first-order valence-corrected chi connectivity index (χ1v) is 11.3. The molecule has 0 radical (unpaired) electrons. The minimum Gasteiger partial charge on any atom is -0.454 e. The van der Waals surface area contributed by atoms with Crippen molar-refractivity contribution in [2.75, 3.05) is 39.4 Å². The number of amides is 2. The lowest BCUT2D eigenvalue weighted by molar-refractivity contribution is -0.153. The Hall–Kier alpha value is -3.15. The minimum atomic E-state index is -3.71. The predicted octanol–water partition coefficient (Wildman–Crippen LogP) is -0.0425. The Morgan fingerprint density at radius 3 is 2.42 bits per heavy atom. The zero-order chi connectivity index (χ0) is 22.6.